The van der Waals surface area contributed by atoms with Gasteiger partial charge in [-0.05, 0) is 74.9 Å². The lowest BCUT2D eigenvalue weighted by atomic mass is 9.77. The highest BCUT2D eigenvalue weighted by molar-refractivity contribution is 6.30. The summed E-state index contributed by atoms with van der Waals surface area (Å²) in [7, 11) is 1.65. The summed E-state index contributed by atoms with van der Waals surface area (Å²) in [5.74, 6) is 1.25. The van der Waals surface area contributed by atoms with E-state index in [1.54, 1.807) is 7.11 Å². The monoisotopic (exact) mass is 442 g/mol. The van der Waals surface area contributed by atoms with E-state index < -0.39 is 0 Å². The molecule has 0 aromatic heterocycles. The smallest absolute Gasteiger partial charge is 0.325 e. The van der Waals surface area contributed by atoms with Crippen molar-refractivity contribution in [2.45, 2.75) is 45.2 Å². The van der Waals surface area contributed by atoms with E-state index in [0.717, 1.165) is 41.8 Å². The first kappa shape index (κ1) is 22.0. The topological polar surface area (TPSA) is 42.0 Å². The van der Waals surface area contributed by atoms with Gasteiger partial charge in [-0.3, -0.25) is 4.90 Å². The molecule has 0 saturated heterocycles. The Morgan fingerprint density at radius 3 is 2.48 bits per heavy atom. The van der Waals surface area contributed by atoms with E-state index in [1.165, 1.54) is 0 Å². The molecule has 2 aliphatic rings. The van der Waals surface area contributed by atoms with Crippen molar-refractivity contribution in [2.75, 3.05) is 31.8 Å². The Balaban J connectivity index is 1.78. The molecular weight excluding hydrogens is 412 g/mol. The Bertz CT molecular complexity index is 929. The largest absolute Gasteiger partial charge is 0.497 e. The van der Waals surface area contributed by atoms with Crippen molar-refractivity contribution in [2.24, 2.45) is 5.92 Å². The highest BCUT2D eigenvalue weighted by Gasteiger charge is 2.56. The number of carbonyl (C=O) groups excluding carboxylic acids is 1. The molecule has 1 atom stereocenters. The van der Waals surface area contributed by atoms with Gasteiger partial charge in [-0.25, -0.2) is 4.79 Å². The summed E-state index contributed by atoms with van der Waals surface area (Å²) in [6.45, 7) is 6.52. The van der Waals surface area contributed by atoms with Crippen molar-refractivity contribution in [1.82, 2.24) is 4.90 Å². The summed E-state index contributed by atoms with van der Waals surface area (Å²) in [6.07, 6.45) is 3.04. The van der Waals surface area contributed by atoms with Crippen LogP contribution in [-0.4, -0.2) is 37.8 Å². The van der Waals surface area contributed by atoms with Crippen molar-refractivity contribution < 1.29 is 14.3 Å². The molecule has 31 heavy (non-hydrogen) atoms. The quantitative estimate of drug-likeness (QED) is 0.458. The normalized spacial score (nSPS) is 20.7. The summed E-state index contributed by atoms with van der Waals surface area (Å²) >= 11 is 6.49. The molecule has 0 N–H and O–H groups in total. The summed E-state index contributed by atoms with van der Waals surface area (Å²) in [5, 5.41) is 0.704. The fourth-order valence-electron chi connectivity index (χ4n) is 4.99. The number of amides is 2. The molecule has 1 aliphatic heterocycles. The maximum atomic E-state index is 13.9. The molecule has 0 radical (unpaired) electrons. The van der Waals surface area contributed by atoms with Crippen LogP contribution in [0.15, 0.2) is 42.5 Å². The minimum absolute atomic E-state index is 0.0524. The molecule has 1 saturated carbocycles. The lowest BCUT2D eigenvalue weighted by Crippen LogP contribution is -2.60. The molecule has 6 heteroatoms. The van der Waals surface area contributed by atoms with E-state index in [4.69, 9.17) is 21.1 Å². The number of hydrogen-bond acceptors (Lipinski definition) is 3. The molecule has 0 spiro atoms. The predicted octanol–water partition coefficient (Wildman–Crippen LogP) is 5.84. The van der Waals surface area contributed by atoms with Crippen LogP contribution in [0.4, 0.5) is 10.5 Å². The van der Waals surface area contributed by atoms with Gasteiger partial charge in [0.05, 0.1) is 24.9 Å². The van der Waals surface area contributed by atoms with Gasteiger partial charge in [-0.2, -0.15) is 0 Å². The lowest BCUT2D eigenvalue weighted by molar-refractivity contribution is 0.0451. The summed E-state index contributed by atoms with van der Waals surface area (Å²) in [5.41, 5.74) is 2.80. The Morgan fingerprint density at radius 2 is 1.87 bits per heavy atom. The van der Waals surface area contributed by atoms with E-state index in [9.17, 15) is 4.79 Å². The second kappa shape index (κ2) is 9.09. The number of fused-ring (bicyclic) bond motifs is 1. The molecular formula is C25H31ClN2O3. The Morgan fingerprint density at radius 1 is 1.13 bits per heavy atom. The number of ether oxygens (including phenoxy) is 2. The van der Waals surface area contributed by atoms with Crippen LogP contribution in [0, 0.1) is 5.92 Å². The third-order valence-electron chi connectivity index (χ3n) is 6.56. The van der Waals surface area contributed by atoms with Crippen LogP contribution in [-0.2, 0) is 16.8 Å². The molecule has 2 aromatic carbocycles. The molecule has 1 heterocycles. The predicted molar refractivity (Wildman–Crippen MR) is 124 cm³/mol. The van der Waals surface area contributed by atoms with Crippen molar-refractivity contribution in [3.63, 3.8) is 0 Å². The minimum Gasteiger partial charge on any atom is -0.497 e. The van der Waals surface area contributed by atoms with Crippen molar-refractivity contribution in [1.29, 1.82) is 0 Å². The van der Waals surface area contributed by atoms with Crippen LogP contribution in [0.5, 0.6) is 5.75 Å². The van der Waals surface area contributed by atoms with Crippen LogP contribution in [0.25, 0.3) is 0 Å². The third kappa shape index (κ3) is 4.01. The van der Waals surface area contributed by atoms with Crippen LogP contribution in [0.3, 0.4) is 0 Å². The van der Waals surface area contributed by atoms with Crippen LogP contribution < -0.4 is 9.64 Å². The molecule has 1 fully saturated rings. The Labute approximate surface area is 189 Å². The number of nitrogens with zero attached hydrogens (tertiary/aromatic N) is 2. The first-order chi connectivity index (χ1) is 15.0. The Hall–Kier alpha value is -2.24. The maximum absolute atomic E-state index is 13.9. The highest BCUT2D eigenvalue weighted by Crippen LogP contribution is 2.56. The maximum Gasteiger partial charge on any atom is 0.325 e. The van der Waals surface area contributed by atoms with Gasteiger partial charge in [0, 0.05) is 30.3 Å². The van der Waals surface area contributed by atoms with E-state index in [-0.39, 0.29) is 11.6 Å². The van der Waals surface area contributed by atoms with E-state index in [2.05, 4.69) is 17.9 Å². The summed E-state index contributed by atoms with van der Waals surface area (Å²) in [6, 6.07) is 13.9. The number of methoxy groups -OCH3 is 1. The fraction of sp³-hybridized carbons (Fsp3) is 0.480. The molecule has 2 amide bonds. The van der Waals surface area contributed by atoms with E-state index in [1.807, 2.05) is 48.2 Å². The van der Waals surface area contributed by atoms with Crippen molar-refractivity contribution in [3.8, 4) is 5.75 Å². The Kier molecular flexibility index (Phi) is 6.44. The first-order valence-corrected chi connectivity index (χ1v) is 11.5. The number of anilines is 1. The fourth-order valence-corrected chi connectivity index (χ4v) is 5.16. The zero-order chi connectivity index (χ0) is 22.0. The highest BCUT2D eigenvalue weighted by atomic mass is 35.5. The molecule has 5 nitrogen and oxygen atoms in total. The number of rotatable bonds is 9. The van der Waals surface area contributed by atoms with Gasteiger partial charge >= 0.3 is 6.03 Å². The average Bonchev–Trinajstić information content (AvgIpc) is 3.63. The van der Waals surface area contributed by atoms with Gasteiger partial charge in [-0.15, -0.1) is 0 Å². The molecule has 0 bridgehead atoms. The number of urea groups is 1. The second-order valence-corrected chi connectivity index (χ2v) is 8.70. The summed E-state index contributed by atoms with van der Waals surface area (Å²) < 4.78 is 11.0. The zero-order valence-corrected chi connectivity index (χ0v) is 19.3. The van der Waals surface area contributed by atoms with Crippen LogP contribution >= 0.6 is 11.6 Å². The molecule has 166 valence electrons. The van der Waals surface area contributed by atoms with E-state index >= 15 is 0 Å². The molecule has 1 aliphatic carbocycles. The SMILES string of the molecule is CCOCCC1(C2CC2)c2cc(Cl)ccc2N(Cc2ccc(OC)cc2)C(=O)N1CC. The second-order valence-electron chi connectivity index (χ2n) is 8.27. The number of halogens is 1. The lowest BCUT2D eigenvalue weighted by Gasteiger charge is -2.52. The minimum atomic E-state index is -0.363. The van der Waals surface area contributed by atoms with Gasteiger partial charge in [0.25, 0.3) is 0 Å². The van der Waals surface area contributed by atoms with Crippen LogP contribution in [0.1, 0.15) is 44.2 Å². The molecule has 1 unspecified atom stereocenters. The average molecular weight is 443 g/mol. The van der Waals surface area contributed by atoms with Gasteiger partial charge in [0.1, 0.15) is 5.75 Å². The van der Waals surface area contributed by atoms with Crippen molar-refractivity contribution >= 4 is 23.3 Å². The van der Waals surface area contributed by atoms with Gasteiger partial charge in [0.15, 0.2) is 0 Å². The first-order valence-electron chi connectivity index (χ1n) is 11.1. The third-order valence-corrected chi connectivity index (χ3v) is 6.79. The zero-order valence-electron chi connectivity index (χ0n) is 18.6. The molecule has 4 rings (SSSR count). The standard InChI is InChI=1S/C25H31ClN2O3/c1-4-28-24(29)27(17-18-6-11-21(30-3)12-7-18)23-13-10-20(26)16-22(23)25(28,19-8-9-19)14-15-31-5-2/h6-7,10-13,16,19H,4-5,8-9,14-15,17H2,1-3H3. The van der Waals surface area contributed by atoms with Crippen molar-refractivity contribution in [3.05, 3.63) is 58.6 Å². The van der Waals surface area contributed by atoms with Crippen LogP contribution in [0.2, 0.25) is 5.02 Å². The molecule has 2 aromatic rings. The van der Waals surface area contributed by atoms with Gasteiger partial charge in [0.2, 0.25) is 0 Å². The van der Waals surface area contributed by atoms with E-state index in [0.29, 0.717) is 37.2 Å². The number of hydrogen-bond donors (Lipinski definition) is 0. The summed E-state index contributed by atoms with van der Waals surface area (Å²) in [4.78, 5) is 17.8. The number of benzene rings is 2. The van der Waals surface area contributed by atoms with Gasteiger partial charge < -0.3 is 14.4 Å². The van der Waals surface area contributed by atoms with Gasteiger partial charge in [-0.1, -0.05) is 23.7 Å². The number of carbonyl (C=O) groups is 1.